The maximum Gasteiger partial charge on any atom is 0.255 e. The molecule has 5 nitrogen and oxygen atoms in total. The number of aromatic hydroxyl groups is 1. The number of amides is 1. The van der Waals surface area contributed by atoms with Gasteiger partial charge in [-0.25, -0.2) is 0 Å². The normalized spacial score (nSPS) is 9.95. The summed E-state index contributed by atoms with van der Waals surface area (Å²) in [6.07, 6.45) is 1.66. The third-order valence-corrected chi connectivity index (χ3v) is 2.61. The molecule has 98 valence electrons. The number of rotatable bonds is 4. The molecule has 5 heteroatoms. The Bertz CT molecular complexity index is 570. The van der Waals surface area contributed by atoms with E-state index >= 15 is 0 Å². The zero-order chi connectivity index (χ0) is 13.7. The summed E-state index contributed by atoms with van der Waals surface area (Å²) in [5, 5.41) is 12.4. The Labute approximate surface area is 110 Å². The zero-order valence-electron chi connectivity index (χ0n) is 10.5. The van der Waals surface area contributed by atoms with E-state index in [0.717, 1.165) is 5.69 Å². The smallest absolute Gasteiger partial charge is 0.255 e. The molecule has 0 saturated heterocycles. The molecule has 0 aliphatic heterocycles. The van der Waals surface area contributed by atoms with Crippen LogP contribution >= 0.6 is 0 Å². The van der Waals surface area contributed by atoms with Crippen LogP contribution in [0.25, 0.3) is 0 Å². The van der Waals surface area contributed by atoms with Crippen molar-refractivity contribution in [2.75, 3.05) is 7.11 Å². The van der Waals surface area contributed by atoms with Crippen molar-refractivity contribution >= 4 is 5.91 Å². The number of nitrogens with zero attached hydrogens (tertiary/aromatic N) is 1. The standard InChI is InChI=1S/C14H14N2O3/c1-19-11-5-6-12(13(17)8-11)14(18)16-9-10-4-2-3-7-15-10/h2-8,17H,9H2,1H3,(H,16,18). The maximum atomic E-state index is 11.9. The van der Waals surface area contributed by atoms with Crippen LogP contribution in [-0.4, -0.2) is 23.1 Å². The first-order valence-electron chi connectivity index (χ1n) is 5.76. The molecule has 1 aromatic carbocycles. The molecule has 1 heterocycles. The first-order valence-corrected chi connectivity index (χ1v) is 5.76. The van der Waals surface area contributed by atoms with Crippen LogP contribution in [0.3, 0.4) is 0 Å². The molecule has 0 aliphatic carbocycles. The Morgan fingerprint density at radius 3 is 2.84 bits per heavy atom. The first kappa shape index (κ1) is 12.9. The van der Waals surface area contributed by atoms with E-state index in [1.807, 2.05) is 12.1 Å². The molecule has 0 atom stereocenters. The molecule has 0 bridgehead atoms. The average molecular weight is 258 g/mol. The van der Waals surface area contributed by atoms with Crippen LogP contribution in [0.1, 0.15) is 16.1 Å². The number of hydrogen-bond donors (Lipinski definition) is 2. The molecule has 0 radical (unpaired) electrons. The molecule has 0 saturated carbocycles. The van der Waals surface area contributed by atoms with E-state index in [1.54, 1.807) is 18.3 Å². The Morgan fingerprint density at radius 2 is 2.21 bits per heavy atom. The van der Waals surface area contributed by atoms with Crippen molar-refractivity contribution < 1.29 is 14.6 Å². The van der Waals surface area contributed by atoms with E-state index in [9.17, 15) is 9.90 Å². The van der Waals surface area contributed by atoms with Gasteiger partial charge in [0.1, 0.15) is 11.5 Å². The number of phenols is 1. The Kier molecular flexibility index (Phi) is 3.97. The van der Waals surface area contributed by atoms with Gasteiger partial charge in [-0.05, 0) is 24.3 Å². The quantitative estimate of drug-likeness (QED) is 0.876. The van der Waals surface area contributed by atoms with Crippen molar-refractivity contribution in [3.05, 3.63) is 53.9 Å². The number of carbonyl (C=O) groups is 1. The van der Waals surface area contributed by atoms with Gasteiger partial charge in [0.2, 0.25) is 0 Å². The van der Waals surface area contributed by atoms with E-state index in [-0.39, 0.29) is 17.2 Å². The summed E-state index contributed by atoms with van der Waals surface area (Å²) in [7, 11) is 1.50. The molecule has 1 amide bonds. The van der Waals surface area contributed by atoms with Crippen molar-refractivity contribution in [2.24, 2.45) is 0 Å². The maximum absolute atomic E-state index is 11.9. The lowest BCUT2D eigenvalue weighted by Gasteiger charge is -2.07. The van der Waals surface area contributed by atoms with E-state index in [1.165, 1.54) is 19.2 Å². The van der Waals surface area contributed by atoms with Crippen LogP contribution in [0.5, 0.6) is 11.5 Å². The van der Waals surface area contributed by atoms with Gasteiger partial charge in [-0.3, -0.25) is 9.78 Å². The lowest BCUT2D eigenvalue weighted by molar-refractivity contribution is 0.0947. The summed E-state index contributed by atoms with van der Waals surface area (Å²) < 4.78 is 4.96. The Morgan fingerprint density at radius 1 is 1.37 bits per heavy atom. The van der Waals surface area contributed by atoms with Crippen LogP contribution < -0.4 is 10.1 Å². The van der Waals surface area contributed by atoms with E-state index in [2.05, 4.69) is 10.3 Å². The van der Waals surface area contributed by atoms with Crippen LogP contribution in [0.4, 0.5) is 0 Å². The zero-order valence-corrected chi connectivity index (χ0v) is 10.5. The number of ether oxygens (including phenoxy) is 1. The van der Waals surface area contributed by atoms with Gasteiger partial charge in [0.25, 0.3) is 5.91 Å². The van der Waals surface area contributed by atoms with E-state index < -0.39 is 0 Å². The summed E-state index contributed by atoms with van der Waals surface area (Å²) in [5.74, 6) is 0.0300. The predicted octanol–water partition coefficient (Wildman–Crippen LogP) is 1.73. The first-order chi connectivity index (χ1) is 9.20. The number of phenolic OH excluding ortho intramolecular Hbond substituents is 1. The summed E-state index contributed by atoms with van der Waals surface area (Å²) in [4.78, 5) is 16.0. The van der Waals surface area contributed by atoms with Gasteiger partial charge in [0.15, 0.2) is 0 Å². The number of nitrogens with one attached hydrogen (secondary N) is 1. The minimum absolute atomic E-state index is 0.113. The molecule has 0 fully saturated rings. The molecule has 0 spiro atoms. The predicted molar refractivity (Wildman–Crippen MR) is 70.1 cm³/mol. The summed E-state index contributed by atoms with van der Waals surface area (Å²) in [6.45, 7) is 0.311. The van der Waals surface area contributed by atoms with Crippen molar-refractivity contribution in [1.82, 2.24) is 10.3 Å². The monoisotopic (exact) mass is 258 g/mol. The molecule has 19 heavy (non-hydrogen) atoms. The minimum atomic E-state index is -0.356. The second-order valence-corrected chi connectivity index (χ2v) is 3.89. The lowest BCUT2D eigenvalue weighted by atomic mass is 10.1. The van der Waals surface area contributed by atoms with Crippen LogP contribution in [0.15, 0.2) is 42.6 Å². The van der Waals surface area contributed by atoms with Gasteiger partial charge in [0, 0.05) is 12.3 Å². The second kappa shape index (κ2) is 5.86. The number of carbonyl (C=O) groups excluding carboxylic acids is 1. The van der Waals surface area contributed by atoms with Gasteiger partial charge < -0.3 is 15.2 Å². The molecule has 1 aromatic heterocycles. The number of aromatic nitrogens is 1. The molecule has 0 unspecified atom stereocenters. The van der Waals surface area contributed by atoms with E-state index in [0.29, 0.717) is 12.3 Å². The Hall–Kier alpha value is -2.56. The summed E-state index contributed by atoms with van der Waals surface area (Å²) >= 11 is 0. The molecule has 2 N–H and O–H groups in total. The van der Waals surface area contributed by atoms with Gasteiger partial charge >= 0.3 is 0 Å². The summed E-state index contributed by atoms with van der Waals surface area (Å²) in [5.41, 5.74) is 0.959. The number of methoxy groups -OCH3 is 1. The SMILES string of the molecule is COc1ccc(C(=O)NCc2ccccn2)c(O)c1. The lowest BCUT2D eigenvalue weighted by Crippen LogP contribution is -2.23. The fourth-order valence-electron chi connectivity index (χ4n) is 1.60. The fourth-order valence-corrected chi connectivity index (χ4v) is 1.60. The highest BCUT2D eigenvalue weighted by atomic mass is 16.5. The molecular formula is C14H14N2O3. The minimum Gasteiger partial charge on any atom is -0.507 e. The van der Waals surface area contributed by atoms with Crippen molar-refractivity contribution in [3.63, 3.8) is 0 Å². The molecule has 0 aliphatic rings. The fraction of sp³-hybridized carbons (Fsp3) is 0.143. The van der Waals surface area contributed by atoms with Crippen LogP contribution in [0.2, 0.25) is 0 Å². The molecule has 2 aromatic rings. The van der Waals surface area contributed by atoms with Crippen LogP contribution in [0, 0.1) is 0 Å². The highest BCUT2D eigenvalue weighted by Crippen LogP contribution is 2.23. The highest BCUT2D eigenvalue weighted by Gasteiger charge is 2.11. The van der Waals surface area contributed by atoms with Crippen LogP contribution in [-0.2, 0) is 6.54 Å². The summed E-state index contributed by atoms with van der Waals surface area (Å²) in [6, 6.07) is 10.0. The van der Waals surface area contributed by atoms with Crippen molar-refractivity contribution in [3.8, 4) is 11.5 Å². The third kappa shape index (κ3) is 3.22. The largest absolute Gasteiger partial charge is 0.507 e. The van der Waals surface area contributed by atoms with Crippen molar-refractivity contribution in [2.45, 2.75) is 6.54 Å². The number of hydrogen-bond acceptors (Lipinski definition) is 4. The molecule has 2 rings (SSSR count). The number of pyridine rings is 1. The van der Waals surface area contributed by atoms with Crippen molar-refractivity contribution in [1.29, 1.82) is 0 Å². The highest BCUT2D eigenvalue weighted by molar-refractivity contribution is 5.96. The second-order valence-electron chi connectivity index (χ2n) is 3.89. The van der Waals surface area contributed by atoms with Gasteiger partial charge in [-0.1, -0.05) is 6.07 Å². The van der Waals surface area contributed by atoms with Gasteiger partial charge in [-0.2, -0.15) is 0 Å². The third-order valence-electron chi connectivity index (χ3n) is 2.61. The number of benzene rings is 1. The van der Waals surface area contributed by atoms with Gasteiger partial charge in [0.05, 0.1) is 24.9 Å². The van der Waals surface area contributed by atoms with E-state index in [4.69, 9.17) is 4.74 Å². The topological polar surface area (TPSA) is 71.5 Å². The molecular weight excluding hydrogens is 244 g/mol. The Balaban J connectivity index is 2.04. The average Bonchev–Trinajstić information content (AvgIpc) is 2.45. The van der Waals surface area contributed by atoms with Gasteiger partial charge in [-0.15, -0.1) is 0 Å².